The summed E-state index contributed by atoms with van der Waals surface area (Å²) in [7, 11) is 0. The summed E-state index contributed by atoms with van der Waals surface area (Å²) < 4.78 is 50.3. The predicted molar refractivity (Wildman–Crippen MR) is 133 cm³/mol. The molecule has 4 aromatic rings. The summed E-state index contributed by atoms with van der Waals surface area (Å²) in [5.74, 6) is -1.54. The third kappa shape index (κ3) is 5.56. The van der Waals surface area contributed by atoms with Crippen molar-refractivity contribution in [3.63, 3.8) is 0 Å². The molecule has 0 amide bonds. The van der Waals surface area contributed by atoms with E-state index in [4.69, 9.17) is 16.3 Å². The van der Waals surface area contributed by atoms with Gasteiger partial charge in [0.05, 0.1) is 12.2 Å². The largest absolute Gasteiger partial charge is 0.493 e. The summed E-state index contributed by atoms with van der Waals surface area (Å²) in [6, 6.07) is 18.2. The minimum atomic E-state index is -0.704. The summed E-state index contributed by atoms with van der Waals surface area (Å²) in [5.41, 5.74) is 1.88. The molecule has 0 N–H and O–H groups in total. The van der Waals surface area contributed by atoms with E-state index in [1.807, 2.05) is 24.3 Å². The van der Waals surface area contributed by atoms with Crippen LogP contribution in [0, 0.1) is 17.5 Å². The van der Waals surface area contributed by atoms with Gasteiger partial charge in [-0.1, -0.05) is 67.8 Å². The maximum absolute atomic E-state index is 15.2. The second-order valence-electron chi connectivity index (χ2n) is 8.42. The van der Waals surface area contributed by atoms with Crippen LogP contribution in [0.25, 0.3) is 21.9 Å². The van der Waals surface area contributed by atoms with Crippen molar-refractivity contribution < 1.29 is 17.9 Å². The van der Waals surface area contributed by atoms with Crippen LogP contribution in [0.4, 0.5) is 13.2 Å². The molecule has 0 radical (unpaired) electrons. The number of hydrogen-bond donors (Lipinski definition) is 0. The van der Waals surface area contributed by atoms with E-state index in [1.54, 1.807) is 30.3 Å². The van der Waals surface area contributed by atoms with Crippen LogP contribution in [0.1, 0.15) is 37.3 Å². The quantitative estimate of drug-likeness (QED) is 0.216. The van der Waals surface area contributed by atoms with Crippen molar-refractivity contribution in [1.29, 1.82) is 0 Å². The van der Waals surface area contributed by atoms with Crippen LogP contribution in [0.15, 0.2) is 66.7 Å². The molecule has 0 aliphatic carbocycles. The lowest BCUT2D eigenvalue weighted by molar-refractivity contribution is 0.303. The molecule has 0 aliphatic rings. The van der Waals surface area contributed by atoms with Gasteiger partial charge in [-0.2, -0.15) is 0 Å². The lowest BCUT2D eigenvalue weighted by atomic mass is 9.96. The third-order valence-electron chi connectivity index (χ3n) is 5.95. The number of fused-ring (bicyclic) bond motifs is 1. The molecule has 0 aromatic heterocycles. The number of halogens is 4. The molecule has 5 heteroatoms. The molecule has 4 rings (SSSR count). The molecule has 0 bridgehead atoms. The fraction of sp³-hybridized carbons (Fsp3) is 0.241. The summed E-state index contributed by atoms with van der Waals surface area (Å²) in [6.45, 7) is 2.49. The Balaban J connectivity index is 1.55. The van der Waals surface area contributed by atoms with Crippen LogP contribution >= 0.6 is 11.6 Å². The summed E-state index contributed by atoms with van der Waals surface area (Å²) in [6.07, 6.45) is 4.09. The summed E-state index contributed by atoms with van der Waals surface area (Å²) in [4.78, 5) is 0. The lowest BCUT2D eigenvalue weighted by Crippen LogP contribution is -2.00. The summed E-state index contributed by atoms with van der Waals surface area (Å²) in [5, 5.41) is 1.68. The van der Waals surface area contributed by atoms with E-state index in [9.17, 15) is 8.78 Å². The Bertz CT molecular complexity index is 1260. The van der Waals surface area contributed by atoms with Crippen LogP contribution < -0.4 is 4.74 Å². The van der Waals surface area contributed by atoms with E-state index < -0.39 is 11.6 Å². The van der Waals surface area contributed by atoms with E-state index >= 15 is 4.39 Å². The van der Waals surface area contributed by atoms with Crippen molar-refractivity contribution in [3.8, 4) is 16.9 Å². The zero-order chi connectivity index (χ0) is 24.1. The number of benzene rings is 4. The Hall–Kier alpha value is -2.98. The fourth-order valence-corrected chi connectivity index (χ4v) is 4.19. The van der Waals surface area contributed by atoms with Gasteiger partial charge in [-0.05, 0) is 59.5 Å². The second kappa shape index (κ2) is 11.0. The molecule has 0 heterocycles. The Morgan fingerprint density at radius 3 is 2.24 bits per heavy atom. The van der Waals surface area contributed by atoms with Crippen molar-refractivity contribution in [2.24, 2.45) is 0 Å². The molecule has 1 nitrogen and oxygen atoms in total. The number of ether oxygens (including phenoxy) is 1. The maximum atomic E-state index is 15.2. The lowest BCUT2D eigenvalue weighted by Gasteiger charge is -2.12. The Morgan fingerprint density at radius 2 is 1.53 bits per heavy atom. The smallest absolute Gasteiger partial charge is 0.137 e. The highest BCUT2D eigenvalue weighted by molar-refractivity contribution is 6.30. The van der Waals surface area contributed by atoms with E-state index in [1.165, 1.54) is 12.1 Å². The van der Waals surface area contributed by atoms with Gasteiger partial charge in [0, 0.05) is 22.5 Å². The average Bonchev–Trinajstić information content (AvgIpc) is 2.82. The van der Waals surface area contributed by atoms with E-state index in [0.717, 1.165) is 24.8 Å². The van der Waals surface area contributed by atoms with Gasteiger partial charge >= 0.3 is 0 Å². The highest BCUT2D eigenvalue weighted by atomic mass is 35.5. The number of hydrogen-bond acceptors (Lipinski definition) is 1. The molecule has 176 valence electrons. The van der Waals surface area contributed by atoms with Gasteiger partial charge in [0.15, 0.2) is 0 Å². The van der Waals surface area contributed by atoms with E-state index in [2.05, 4.69) is 6.92 Å². The molecule has 0 aliphatic heterocycles. The zero-order valence-corrected chi connectivity index (χ0v) is 19.8. The van der Waals surface area contributed by atoms with Gasteiger partial charge in [0.2, 0.25) is 0 Å². The minimum Gasteiger partial charge on any atom is -0.493 e. The van der Waals surface area contributed by atoms with Crippen molar-refractivity contribution >= 4 is 22.4 Å². The van der Waals surface area contributed by atoms with Gasteiger partial charge in [0.1, 0.15) is 23.2 Å². The molecule has 0 unspecified atom stereocenters. The number of aryl methyl sites for hydroxylation is 2. The Labute approximate surface area is 203 Å². The summed E-state index contributed by atoms with van der Waals surface area (Å²) >= 11 is 5.92. The molecule has 0 atom stereocenters. The topological polar surface area (TPSA) is 9.23 Å². The van der Waals surface area contributed by atoms with Gasteiger partial charge in [-0.25, -0.2) is 13.2 Å². The number of unbranched alkanes of at least 4 members (excludes halogenated alkanes) is 2. The van der Waals surface area contributed by atoms with Gasteiger partial charge in [-0.3, -0.25) is 0 Å². The van der Waals surface area contributed by atoms with Crippen LogP contribution in [-0.4, -0.2) is 6.61 Å². The molecule has 0 fully saturated rings. The van der Waals surface area contributed by atoms with Crippen molar-refractivity contribution in [2.45, 2.75) is 39.0 Å². The minimum absolute atomic E-state index is 0.143. The average molecular weight is 483 g/mol. The Kier molecular flexibility index (Phi) is 7.79. The molecule has 4 aromatic carbocycles. The van der Waals surface area contributed by atoms with Crippen molar-refractivity contribution in [3.05, 3.63) is 100 Å². The fourth-order valence-electron chi connectivity index (χ4n) is 4.07. The SMILES string of the molecule is CCCCCOc1cc(F)c(-c2ccc3c(F)c(CCc4ccc(Cl)cc4)ccc3c2)c(F)c1. The molecule has 0 saturated heterocycles. The van der Waals surface area contributed by atoms with Crippen LogP contribution in [0.5, 0.6) is 5.75 Å². The number of rotatable bonds is 9. The predicted octanol–water partition coefficient (Wildman–Crippen LogP) is 8.93. The third-order valence-corrected chi connectivity index (χ3v) is 6.20. The Morgan fingerprint density at radius 1 is 0.794 bits per heavy atom. The van der Waals surface area contributed by atoms with E-state index in [-0.39, 0.29) is 17.1 Å². The molecule has 0 saturated carbocycles. The first-order valence-corrected chi connectivity index (χ1v) is 11.9. The molecule has 34 heavy (non-hydrogen) atoms. The highest BCUT2D eigenvalue weighted by Crippen LogP contribution is 2.33. The molecular weight excluding hydrogens is 457 g/mol. The highest BCUT2D eigenvalue weighted by Gasteiger charge is 2.16. The first-order valence-electron chi connectivity index (χ1n) is 11.5. The van der Waals surface area contributed by atoms with Crippen LogP contribution in [-0.2, 0) is 12.8 Å². The maximum Gasteiger partial charge on any atom is 0.137 e. The second-order valence-corrected chi connectivity index (χ2v) is 8.85. The van der Waals surface area contributed by atoms with E-state index in [0.29, 0.717) is 46.4 Å². The van der Waals surface area contributed by atoms with Gasteiger partial charge in [0.25, 0.3) is 0 Å². The van der Waals surface area contributed by atoms with Crippen LogP contribution in [0.2, 0.25) is 5.02 Å². The first kappa shape index (κ1) is 24.2. The first-order chi connectivity index (χ1) is 16.5. The molecular formula is C29H26ClF3O. The van der Waals surface area contributed by atoms with Gasteiger partial charge < -0.3 is 4.74 Å². The van der Waals surface area contributed by atoms with Crippen molar-refractivity contribution in [1.82, 2.24) is 0 Å². The van der Waals surface area contributed by atoms with Gasteiger partial charge in [-0.15, -0.1) is 0 Å². The standard InChI is InChI=1S/C29H26ClF3O/c1-2-3-4-15-34-24-17-26(31)28(27(32)18-24)22-11-14-25-21(16-22)10-9-20(29(25)33)8-5-19-6-12-23(30)13-7-19/h6-7,9-14,16-18H,2-5,8,15H2,1H3. The molecule has 0 spiro atoms. The normalized spacial score (nSPS) is 11.2. The zero-order valence-electron chi connectivity index (χ0n) is 19.0. The van der Waals surface area contributed by atoms with Crippen molar-refractivity contribution in [2.75, 3.05) is 6.61 Å². The van der Waals surface area contributed by atoms with Crippen LogP contribution in [0.3, 0.4) is 0 Å². The monoisotopic (exact) mass is 482 g/mol.